The first-order chi connectivity index (χ1) is 11.3. The Morgan fingerprint density at radius 1 is 1.12 bits per heavy atom. The van der Waals surface area contributed by atoms with Gasteiger partial charge < -0.3 is 5.73 Å². The smallest absolute Gasteiger partial charge is 0.266 e. The van der Waals surface area contributed by atoms with E-state index in [1.807, 2.05) is 0 Å². The summed E-state index contributed by atoms with van der Waals surface area (Å²) in [5.41, 5.74) is 7.05. The fourth-order valence-electron chi connectivity index (χ4n) is 2.69. The molecular formula is C17H17N3O3S. The van der Waals surface area contributed by atoms with Crippen LogP contribution in [0.15, 0.2) is 58.4 Å². The Hall–Kier alpha value is -2.51. The molecule has 1 aromatic carbocycles. The number of sulfone groups is 1. The topological polar surface area (TPSA) is 94.5 Å². The molecule has 0 aliphatic heterocycles. The van der Waals surface area contributed by atoms with Gasteiger partial charge in [-0.05, 0) is 25.1 Å². The van der Waals surface area contributed by atoms with E-state index in [0.29, 0.717) is 16.9 Å². The Labute approximate surface area is 139 Å². The Balaban J connectivity index is 2.50. The van der Waals surface area contributed by atoms with Crippen LogP contribution in [0.4, 0.5) is 0 Å². The molecule has 0 amide bonds. The van der Waals surface area contributed by atoms with Crippen molar-refractivity contribution >= 4 is 15.5 Å². The zero-order chi connectivity index (χ0) is 17.5. The summed E-state index contributed by atoms with van der Waals surface area (Å²) in [5, 5.41) is 0. The summed E-state index contributed by atoms with van der Waals surface area (Å²) in [6, 6.07) is 11.1. The van der Waals surface area contributed by atoms with Crippen LogP contribution in [0.3, 0.4) is 0 Å². The normalized spacial score (nSPS) is 13.1. The predicted octanol–water partition coefficient (Wildman–Crippen LogP) is 1.78. The highest BCUT2D eigenvalue weighted by molar-refractivity contribution is 7.90. The van der Waals surface area contributed by atoms with Crippen molar-refractivity contribution in [2.75, 3.05) is 6.26 Å². The van der Waals surface area contributed by atoms with E-state index in [-0.39, 0.29) is 16.0 Å². The molecule has 1 atom stereocenters. The molecule has 3 aromatic rings. The molecule has 24 heavy (non-hydrogen) atoms. The third-order valence-corrected chi connectivity index (χ3v) is 4.90. The second-order valence-electron chi connectivity index (χ2n) is 5.66. The van der Waals surface area contributed by atoms with E-state index in [0.717, 1.165) is 6.26 Å². The van der Waals surface area contributed by atoms with Gasteiger partial charge in [-0.1, -0.05) is 24.3 Å². The number of hydrogen-bond donors (Lipinski definition) is 1. The summed E-state index contributed by atoms with van der Waals surface area (Å²) in [5.74, 6) is 0. The van der Waals surface area contributed by atoms with Crippen LogP contribution in [-0.2, 0) is 9.84 Å². The van der Waals surface area contributed by atoms with Crippen molar-refractivity contribution in [3.8, 4) is 11.1 Å². The predicted molar refractivity (Wildman–Crippen MR) is 92.6 cm³/mol. The summed E-state index contributed by atoms with van der Waals surface area (Å²) < 4.78 is 25.6. The first-order valence-corrected chi connectivity index (χ1v) is 9.26. The Bertz CT molecular complexity index is 1090. The number of aromatic nitrogens is 2. The second kappa shape index (κ2) is 5.85. The number of benzene rings is 1. The average Bonchev–Trinajstić information content (AvgIpc) is 2.54. The molecule has 3 rings (SSSR count). The van der Waals surface area contributed by atoms with E-state index in [1.54, 1.807) is 49.5 Å². The number of pyridine rings is 1. The zero-order valence-electron chi connectivity index (χ0n) is 13.3. The molecule has 1 unspecified atom stereocenters. The van der Waals surface area contributed by atoms with Crippen molar-refractivity contribution in [2.24, 2.45) is 5.73 Å². The number of nitrogens with zero attached hydrogens (tertiary/aromatic N) is 2. The van der Waals surface area contributed by atoms with Gasteiger partial charge in [-0.2, -0.15) is 0 Å². The van der Waals surface area contributed by atoms with Crippen molar-refractivity contribution < 1.29 is 8.42 Å². The highest BCUT2D eigenvalue weighted by Gasteiger charge is 2.22. The molecule has 2 heterocycles. The average molecular weight is 343 g/mol. The SMILES string of the molecule is CC(N)c1nc2ccccn2c(=O)c1-c1ccccc1S(C)(=O)=O. The van der Waals surface area contributed by atoms with Crippen LogP contribution in [-0.4, -0.2) is 24.1 Å². The van der Waals surface area contributed by atoms with Crippen LogP contribution in [0.2, 0.25) is 0 Å². The van der Waals surface area contributed by atoms with Crippen LogP contribution >= 0.6 is 0 Å². The highest BCUT2D eigenvalue weighted by Crippen LogP contribution is 2.29. The first kappa shape index (κ1) is 16.4. The molecule has 0 aliphatic rings. The lowest BCUT2D eigenvalue weighted by atomic mass is 10.0. The Morgan fingerprint density at radius 2 is 1.79 bits per heavy atom. The molecule has 0 radical (unpaired) electrons. The molecule has 0 saturated carbocycles. The molecule has 0 bridgehead atoms. The van der Waals surface area contributed by atoms with Gasteiger partial charge in [0, 0.05) is 24.1 Å². The lowest BCUT2D eigenvalue weighted by Gasteiger charge is -2.15. The van der Waals surface area contributed by atoms with Gasteiger partial charge in [0.15, 0.2) is 9.84 Å². The van der Waals surface area contributed by atoms with Crippen LogP contribution in [0.25, 0.3) is 16.8 Å². The maximum Gasteiger partial charge on any atom is 0.266 e. The van der Waals surface area contributed by atoms with Gasteiger partial charge in [0.1, 0.15) is 5.65 Å². The monoisotopic (exact) mass is 343 g/mol. The van der Waals surface area contributed by atoms with Gasteiger partial charge in [-0.25, -0.2) is 13.4 Å². The first-order valence-electron chi connectivity index (χ1n) is 7.37. The molecule has 2 N–H and O–H groups in total. The molecule has 0 fully saturated rings. The van der Waals surface area contributed by atoms with E-state index < -0.39 is 15.9 Å². The van der Waals surface area contributed by atoms with Crippen molar-refractivity contribution in [3.63, 3.8) is 0 Å². The van der Waals surface area contributed by atoms with Gasteiger partial charge in [0.25, 0.3) is 5.56 Å². The number of nitrogens with two attached hydrogens (primary N) is 1. The van der Waals surface area contributed by atoms with E-state index >= 15 is 0 Å². The molecule has 7 heteroatoms. The Kier molecular flexibility index (Phi) is 3.98. The largest absolute Gasteiger partial charge is 0.323 e. The molecule has 6 nitrogen and oxygen atoms in total. The van der Waals surface area contributed by atoms with E-state index in [2.05, 4.69) is 4.98 Å². The fourth-order valence-corrected chi connectivity index (χ4v) is 3.58. The quantitative estimate of drug-likeness (QED) is 0.782. The minimum atomic E-state index is -3.51. The number of hydrogen-bond acceptors (Lipinski definition) is 5. The third-order valence-electron chi connectivity index (χ3n) is 3.75. The molecule has 2 aromatic heterocycles. The summed E-state index contributed by atoms with van der Waals surface area (Å²) in [6.07, 6.45) is 2.71. The highest BCUT2D eigenvalue weighted by atomic mass is 32.2. The number of fused-ring (bicyclic) bond motifs is 1. The van der Waals surface area contributed by atoms with Crippen molar-refractivity contribution in [1.29, 1.82) is 0 Å². The lowest BCUT2D eigenvalue weighted by Crippen LogP contribution is -2.23. The van der Waals surface area contributed by atoms with Crippen LogP contribution in [0.1, 0.15) is 18.7 Å². The van der Waals surface area contributed by atoms with Crippen LogP contribution < -0.4 is 11.3 Å². The van der Waals surface area contributed by atoms with E-state index in [4.69, 9.17) is 5.73 Å². The summed E-state index contributed by atoms with van der Waals surface area (Å²) in [4.78, 5) is 17.6. The standard InChI is InChI=1S/C17H17N3O3S/c1-11(18)16-15(12-7-3-4-8-13(12)24(2,22)23)17(21)20-10-6-5-9-14(20)19-16/h3-11H,18H2,1-2H3. The van der Waals surface area contributed by atoms with Crippen molar-refractivity contribution in [3.05, 3.63) is 64.7 Å². The van der Waals surface area contributed by atoms with Gasteiger partial charge in [-0.3, -0.25) is 9.20 Å². The van der Waals surface area contributed by atoms with Crippen LogP contribution in [0, 0.1) is 0 Å². The summed E-state index contributed by atoms with van der Waals surface area (Å²) >= 11 is 0. The van der Waals surface area contributed by atoms with Crippen molar-refractivity contribution in [2.45, 2.75) is 17.9 Å². The maximum atomic E-state index is 13.0. The third kappa shape index (κ3) is 2.72. The van der Waals surface area contributed by atoms with Gasteiger partial charge >= 0.3 is 0 Å². The molecule has 0 saturated heterocycles. The van der Waals surface area contributed by atoms with Gasteiger partial charge in [0.2, 0.25) is 0 Å². The molecule has 0 aliphatic carbocycles. The van der Waals surface area contributed by atoms with Crippen molar-refractivity contribution in [1.82, 2.24) is 9.38 Å². The summed E-state index contributed by atoms with van der Waals surface area (Å²) in [7, 11) is -3.51. The molecule has 124 valence electrons. The van der Waals surface area contributed by atoms with E-state index in [1.165, 1.54) is 10.5 Å². The summed E-state index contributed by atoms with van der Waals surface area (Å²) in [6.45, 7) is 1.72. The minimum Gasteiger partial charge on any atom is -0.323 e. The zero-order valence-corrected chi connectivity index (χ0v) is 14.1. The second-order valence-corrected chi connectivity index (χ2v) is 7.65. The van der Waals surface area contributed by atoms with E-state index in [9.17, 15) is 13.2 Å². The van der Waals surface area contributed by atoms with Gasteiger partial charge in [-0.15, -0.1) is 0 Å². The minimum absolute atomic E-state index is 0.0849. The molecular weight excluding hydrogens is 326 g/mol. The number of rotatable bonds is 3. The lowest BCUT2D eigenvalue weighted by molar-refractivity contribution is 0.602. The van der Waals surface area contributed by atoms with Gasteiger partial charge in [0.05, 0.1) is 16.2 Å². The maximum absolute atomic E-state index is 13.0. The molecule has 0 spiro atoms. The fraction of sp³-hybridized carbons (Fsp3) is 0.176. The van der Waals surface area contributed by atoms with Crippen LogP contribution in [0.5, 0.6) is 0 Å². The Morgan fingerprint density at radius 3 is 2.46 bits per heavy atom.